The third-order valence-corrected chi connectivity index (χ3v) is 5.13. The molecule has 0 atom stereocenters. The maximum atomic E-state index is 6.16. The van der Waals surface area contributed by atoms with Crippen molar-refractivity contribution in [2.75, 3.05) is 31.2 Å². The van der Waals surface area contributed by atoms with Crippen molar-refractivity contribution < 1.29 is 0 Å². The lowest BCUT2D eigenvalue weighted by Gasteiger charge is -2.29. The molecule has 5 N–H and O–H groups in total. The van der Waals surface area contributed by atoms with Crippen molar-refractivity contribution in [3.63, 3.8) is 0 Å². The van der Waals surface area contributed by atoms with E-state index in [-0.39, 0.29) is 0 Å². The SMILES string of the molecule is CN1CCC(Nc2nc(N)c3ccc(-c4ccc(CN)cc4)nc3n2)CC1. The van der Waals surface area contributed by atoms with Crippen LogP contribution in [0.15, 0.2) is 36.4 Å². The van der Waals surface area contributed by atoms with Gasteiger partial charge >= 0.3 is 0 Å². The molecule has 0 amide bonds. The first-order valence-electron chi connectivity index (χ1n) is 9.31. The standard InChI is InChI=1S/C20H25N7/c1-27-10-8-15(9-11-27)23-20-25-18(22)16-6-7-17(24-19(16)26-20)14-4-2-13(12-21)3-5-14/h2-7,15H,8-12,21H2,1H3,(H3,22,23,24,25,26). The van der Waals surface area contributed by atoms with Crippen molar-refractivity contribution in [3.05, 3.63) is 42.0 Å². The molecule has 27 heavy (non-hydrogen) atoms. The minimum Gasteiger partial charge on any atom is -0.383 e. The van der Waals surface area contributed by atoms with Crippen LogP contribution in [0.25, 0.3) is 22.3 Å². The fraction of sp³-hybridized carbons (Fsp3) is 0.350. The Morgan fingerprint density at radius 1 is 1.04 bits per heavy atom. The van der Waals surface area contributed by atoms with E-state index in [4.69, 9.17) is 16.5 Å². The van der Waals surface area contributed by atoms with Crippen molar-refractivity contribution >= 4 is 22.8 Å². The summed E-state index contributed by atoms with van der Waals surface area (Å²) in [6, 6.07) is 12.3. The van der Waals surface area contributed by atoms with Gasteiger partial charge in [-0.25, -0.2) is 4.98 Å². The summed E-state index contributed by atoms with van der Waals surface area (Å²) in [6.45, 7) is 2.67. The maximum Gasteiger partial charge on any atom is 0.226 e. The summed E-state index contributed by atoms with van der Waals surface area (Å²) in [5.74, 6) is 1.01. The van der Waals surface area contributed by atoms with Crippen molar-refractivity contribution in [2.45, 2.75) is 25.4 Å². The van der Waals surface area contributed by atoms with Crippen LogP contribution in [0.5, 0.6) is 0 Å². The summed E-state index contributed by atoms with van der Waals surface area (Å²) in [5.41, 5.74) is 15.4. The monoisotopic (exact) mass is 363 g/mol. The molecule has 0 radical (unpaired) electrons. The van der Waals surface area contributed by atoms with E-state index in [1.807, 2.05) is 36.4 Å². The van der Waals surface area contributed by atoms with Gasteiger partial charge in [0.25, 0.3) is 0 Å². The Morgan fingerprint density at radius 2 is 1.78 bits per heavy atom. The largest absolute Gasteiger partial charge is 0.383 e. The third kappa shape index (κ3) is 3.84. The fourth-order valence-corrected chi connectivity index (χ4v) is 3.41. The number of nitrogens with zero attached hydrogens (tertiary/aromatic N) is 4. The number of hydrogen-bond acceptors (Lipinski definition) is 7. The van der Waals surface area contributed by atoms with Gasteiger partial charge in [-0.2, -0.15) is 9.97 Å². The lowest BCUT2D eigenvalue weighted by molar-refractivity contribution is 0.263. The van der Waals surface area contributed by atoms with E-state index in [2.05, 4.69) is 27.2 Å². The topological polar surface area (TPSA) is 106 Å². The Bertz CT molecular complexity index is 931. The van der Waals surface area contributed by atoms with Gasteiger partial charge in [-0.05, 0) is 50.7 Å². The fourth-order valence-electron chi connectivity index (χ4n) is 3.41. The van der Waals surface area contributed by atoms with Gasteiger partial charge < -0.3 is 21.7 Å². The van der Waals surface area contributed by atoms with Gasteiger partial charge in [-0.1, -0.05) is 24.3 Å². The number of anilines is 2. The highest BCUT2D eigenvalue weighted by atomic mass is 15.2. The molecule has 0 saturated carbocycles. The van der Waals surface area contributed by atoms with Gasteiger partial charge in [-0.3, -0.25) is 0 Å². The van der Waals surface area contributed by atoms with Crippen LogP contribution in [0.4, 0.5) is 11.8 Å². The molecular weight excluding hydrogens is 338 g/mol. The van der Waals surface area contributed by atoms with Crippen molar-refractivity contribution in [3.8, 4) is 11.3 Å². The van der Waals surface area contributed by atoms with Crippen LogP contribution < -0.4 is 16.8 Å². The van der Waals surface area contributed by atoms with Gasteiger partial charge in [0.1, 0.15) is 5.82 Å². The molecule has 7 nitrogen and oxygen atoms in total. The summed E-state index contributed by atoms with van der Waals surface area (Å²) < 4.78 is 0. The van der Waals surface area contributed by atoms with Crippen molar-refractivity contribution in [1.82, 2.24) is 19.9 Å². The number of nitrogen functional groups attached to an aromatic ring is 1. The number of likely N-dealkylation sites (tertiary alicyclic amines) is 1. The number of nitrogens with two attached hydrogens (primary N) is 2. The number of rotatable bonds is 4. The van der Waals surface area contributed by atoms with E-state index in [0.29, 0.717) is 30.0 Å². The van der Waals surface area contributed by atoms with Gasteiger partial charge in [0.05, 0.1) is 11.1 Å². The summed E-state index contributed by atoms with van der Waals surface area (Å²) in [5, 5.41) is 4.20. The zero-order valence-electron chi connectivity index (χ0n) is 15.5. The number of benzene rings is 1. The minimum atomic E-state index is 0.366. The van der Waals surface area contributed by atoms with Crippen LogP contribution in [0, 0.1) is 0 Å². The molecule has 1 fully saturated rings. The molecule has 140 valence electrons. The molecule has 1 saturated heterocycles. The molecule has 0 bridgehead atoms. The number of nitrogens with one attached hydrogen (secondary N) is 1. The maximum absolute atomic E-state index is 6.16. The van der Waals surface area contributed by atoms with Crippen LogP contribution in [0.2, 0.25) is 0 Å². The van der Waals surface area contributed by atoms with Gasteiger partial charge in [0, 0.05) is 18.2 Å². The molecule has 7 heteroatoms. The van der Waals surface area contributed by atoms with Crippen molar-refractivity contribution in [2.24, 2.45) is 5.73 Å². The van der Waals surface area contributed by atoms with E-state index in [0.717, 1.165) is 48.1 Å². The lowest BCUT2D eigenvalue weighted by atomic mass is 10.1. The molecule has 3 aromatic rings. The number of hydrogen-bond donors (Lipinski definition) is 3. The van der Waals surface area contributed by atoms with Crippen LogP contribution in [0.3, 0.4) is 0 Å². The summed E-state index contributed by atoms with van der Waals surface area (Å²) in [6.07, 6.45) is 2.14. The first-order valence-corrected chi connectivity index (χ1v) is 9.31. The van der Waals surface area contributed by atoms with Gasteiger partial charge in [0.2, 0.25) is 5.95 Å². The van der Waals surface area contributed by atoms with Gasteiger partial charge in [-0.15, -0.1) is 0 Å². The predicted octanol–water partition coefficient (Wildman–Crippen LogP) is 2.24. The van der Waals surface area contributed by atoms with E-state index in [1.165, 1.54) is 0 Å². The zero-order chi connectivity index (χ0) is 18.8. The molecule has 0 spiro atoms. The number of piperidine rings is 1. The molecular formula is C20H25N7. The molecule has 1 aliphatic rings. The Labute approximate surface area is 158 Å². The predicted molar refractivity (Wildman–Crippen MR) is 109 cm³/mol. The highest BCUT2D eigenvalue weighted by molar-refractivity contribution is 5.88. The van der Waals surface area contributed by atoms with Crippen LogP contribution in [-0.4, -0.2) is 46.0 Å². The number of aromatic nitrogens is 3. The first kappa shape index (κ1) is 17.6. The van der Waals surface area contributed by atoms with Crippen molar-refractivity contribution in [1.29, 1.82) is 0 Å². The highest BCUT2D eigenvalue weighted by Crippen LogP contribution is 2.24. The van der Waals surface area contributed by atoms with E-state index in [1.54, 1.807) is 0 Å². The second kappa shape index (κ2) is 7.46. The molecule has 1 aliphatic heterocycles. The van der Waals surface area contributed by atoms with Crippen LogP contribution in [0.1, 0.15) is 18.4 Å². The molecule has 3 heterocycles. The second-order valence-corrected chi connectivity index (χ2v) is 7.12. The zero-order valence-corrected chi connectivity index (χ0v) is 15.5. The minimum absolute atomic E-state index is 0.366. The second-order valence-electron chi connectivity index (χ2n) is 7.12. The summed E-state index contributed by atoms with van der Waals surface area (Å²) in [7, 11) is 2.15. The van der Waals surface area contributed by atoms with Crippen LogP contribution in [-0.2, 0) is 6.54 Å². The number of pyridine rings is 1. The molecule has 4 rings (SSSR count). The Morgan fingerprint density at radius 3 is 2.48 bits per heavy atom. The molecule has 0 unspecified atom stereocenters. The Kier molecular flexibility index (Phi) is 4.87. The summed E-state index contributed by atoms with van der Waals surface area (Å²) in [4.78, 5) is 16.1. The highest BCUT2D eigenvalue weighted by Gasteiger charge is 2.18. The van der Waals surface area contributed by atoms with E-state index < -0.39 is 0 Å². The smallest absolute Gasteiger partial charge is 0.226 e. The van der Waals surface area contributed by atoms with Gasteiger partial charge in [0.15, 0.2) is 5.65 Å². The quantitative estimate of drug-likeness (QED) is 0.653. The molecule has 2 aromatic heterocycles. The average Bonchev–Trinajstić information content (AvgIpc) is 2.69. The van der Waals surface area contributed by atoms with Crippen LogP contribution >= 0.6 is 0 Å². The molecule has 0 aliphatic carbocycles. The Hall–Kier alpha value is -2.77. The summed E-state index contributed by atoms with van der Waals surface area (Å²) >= 11 is 0. The first-order chi connectivity index (χ1) is 13.1. The van der Waals surface area contributed by atoms with E-state index in [9.17, 15) is 0 Å². The molecule has 1 aromatic carbocycles. The lowest BCUT2D eigenvalue weighted by Crippen LogP contribution is -2.37. The van der Waals surface area contributed by atoms with E-state index >= 15 is 0 Å². The third-order valence-electron chi connectivity index (χ3n) is 5.13. The number of fused-ring (bicyclic) bond motifs is 1. The average molecular weight is 363 g/mol. The Balaban J connectivity index is 1.63. The normalized spacial score (nSPS) is 15.9.